The Morgan fingerprint density at radius 1 is 1.09 bits per heavy atom. The van der Waals surface area contributed by atoms with E-state index in [1.165, 1.54) is 11.1 Å². The van der Waals surface area contributed by atoms with Gasteiger partial charge in [-0.1, -0.05) is 33.6 Å². The van der Waals surface area contributed by atoms with Gasteiger partial charge in [0.1, 0.15) is 0 Å². The van der Waals surface area contributed by atoms with Crippen LogP contribution in [0.2, 0.25) is 0 Å². The topological polar surface area (TPSA) is 0 Å². The van der Waals surface area contributed by atoms with Gasteiger partial charge in [0.15, 0.2) is 0 Å². The fraction of sp³-hybridized carbons (Fsp3) is 0.545. The largest absolute Gasteiger partial charge is 0.207 e. The average Bonchev–Trinajstić information content (AvgIpc) is 2.33. The van der Waals surface area contributed by atoms with Gasteiger partial charge in [-0.25, -0.2) is 6.07 Å². The van der Waals surface area contributed by atoms with E-state index in [9.17, 15) is 0 Å². The highest BCUT2D eigenvalue weighted by molar-refractivity contribution is 5.30. The lowest BCUT2D eigenvalue weighted by Gasteiger charge is -2.09. The molecule has 0 spiro atoms. The summed E-state index contributed by atoms with van der Waals surface area (Å²) < 4.78 is 0. The van der Waals surface area contributed by atoms with Gasteiger partial charge < -0.3 is 0 Å². The van der Waals surface area contributed by atoms with Crippen LogP contribution in [0.5, 0.6) is 0 Å². The van der Waals surface area contributed by atoms with Crippen LogP contribution in [0.4, 0.5) is 0 Å². The lowest BCUT2D eigenvalue weighted by Crippen LogP contribution is -1.83. The molecule has 11 heavy (non-hydrogen) atoms. The lowest BCUT2D eigenvalue weighted by molar-refractivity contribution is 0.852. The van der Waals surface area contributed by atoms with E-state index >= 15 is 0 Å². The summed E-state index contributed by atoms with van der Waals surface area (Å²) in [6.07, 6.45) is 0. The van der Waals surface area contributed by atoms with Crippen LogP contribution in [0, 0.1) is 0 Å². The monoisotopic (exact) mass is 149 g/mol. The standard InChI is InChI=1S/C11H17/c1-8(2)10-5-6-11(7-10)9(3)4/h5-9H,1-4H3/q-1. The number of rotatable bonds is 2. The molecule has 0 heterocycles. The molecule has 0 saturated heterocycles. The highest BCUT2D eigenvalue weighted by Crippen LogP contribution is 2.22. The smallest absolute Gasteiger partial charge is 0.0453 e. The van der Waals surface area contributed by atoms with E-state index in [-0.39, 0.29) is 0 Å². The molecule has 62 valence electrons. The Labute approximate surface area is 69.6 Å². The van der Waals surface area contributed by atoms with E-state index in [0.29, 0.717) is 11.8 Å². The van der Waals surface area contributed by atoms with E-state index in [1.807, 2.05) is 0 Å². The summed E-state index contributed by atoms with van der Waals surface area (Å²) >= 11 is 0. The van der Waals surface area contributed by atoms with Gasteiger partial charge in [-0.05, 0) is 5.92 Å². The summed E-state index contributed by atoms with van der Waals surface area (Å²) in [5, 5.41) is 0. The molecule has 0 aromatic heterocycles. The zero-order valence-electron chi connectivity index (χ0n) is 7.89. The molecule has 0 aliphatic carbocycles. The molecule has 0 unspecified atom stereocenters. The van der Waals surface area contributed by atoms with Crippen molar-refractivity contribution in [2.75, 3.05) is 0 Å². The normalized spacial score (nSPS) is 11.5. The minimum absolute atomic E-state index is 0.669. The molecule has 0 bridgehead atoms. The molecule has 0 heteroatoms. The molecule has 0 N–H and O–H groups in total. The maximum atomic E-state index is 2.31. The highest BCUT2D eigenvalue weighted by atomic mass is 14.1. The lowest BCUT2D eigenvalue weighted by atomic mass is 10.0. The molecule has 0 nitrogen and oxygen atoms in total. The van der Waals surface area contributed by atoms with Gasteiger partial charge in [0.05, 0.1) is 0 Å². The van der Waals surface area contributed by atoms with Crippen molar-refractivity contribution >= 4 is 0 Å². The number of hydrogen-bond acceptors (Lipinski definition) is 0. The first-order valence-electron chi connectivity index (χ1n) is 4.37. The summed E-state index contributed by atoms with van der Waals surface area (Å²) in [5.74, 6) is 1.34. The van der Waals surface area contributed by atoms with E-state index in [1.54, 1.807) is 0 Å². The molecule has 0 aliphatic heterocycles. The summed E-state index contributed by atoms with van der Waals surface area (Å²) in [5.41, 5.74) is 2.93. The third-order valence-corrected chi connectivity index (χ3v) is 2.13. The van der Waals surface area contributed by atoms with Crippen LogP contribution < -0.4 is 0 Å². The minimum atomic E-state index is 0.669. The van der Waals surface area contributed by atoms with Crippen LogP contribution in [0.25, 0.3) is 0 Å². The Bertz CT molecular complexity index is 193. The van der Waals surface area contributed by atoms with E-state index in [0.717, 1.165) is 0 Å². The summed E-state index contributed by atoms with van der Waals surface area (Å²) in [4.78, 5) is 0. The quantitative estimate of drug-likeness (QED) is 0.563. The van der Waals surface area contributed by atoms with Crippen LogP contribution in [0.1, 0.15) is 50.7 Å². The fourth-order valence-electron chi connectivity index (χ4n) is 1.20. The van der Waals surface area contributed by atoms with Crippen molar-refractivity contribution in [3.63, 3.8) is 0 Å². The molecule has 0 aliphatic rings. The first-order valence-corrected chi connectivity index (χ1v) is 4.37. The molecule has 0 atom stereocenters. The average molecular weight is 149 g/mol. The van der Waals surface area contributed by atoms with Crippen LogP contribution in [0.15, 0.2) is 18.2 Å². The maximum Gasteiger partial charge on any atom is -0.0453 e. The third-order valence-electron chi connectivity index (χ3n) is 2.13. The molecule has 1 aromatic carbocycles. The van der Waals surface area contributed by atoms with Crippen molar-refractivity contribution in [3.8, 4) is 0 Å². The Morgan fingerprint density at radius 2 is 1.73 bits per heavy atom. The molecule has 0 fully saturated rings. The van der Waals surface area contributed by atoms with E-state index in [2.05, 4.69) is 45.9 Å². The van der Waals surface area contributed by atoms with Gasteiger partial charge >= 0.3 is 0 Å². The Morgan fingerprint density at radius 3 is 2.00 bits per heavy atom. The molecular weight excluding hydrogens is 132 g/mol. The van der Waals surface area contributed by atoms with Gasteiger partial charge in [0.2, 0.25) is 0 Å². The van der Waals surface area contributed by atoms with Crippen molar-refractivity contribution in [2.45, 2.75) is 39.5 Å². The predicted octanol–water partition coefficient (Wildman–Crippen LogP) is 3.65. The second-order valence-corrected chi connectivity index (χ2v) is 3.79. The molecular formula is C11H17-. The molecule has 0 amide bonds. The van der Waals surface area contributed by atoms with Crippen LogP contribution in [0.3, 0.4) is 0 Å². The SMILES string of the molecule is CC(C)c1c[cH-]c(C(C)C)c1. The second-order valence-electron chi connectivity index (χ2n) is 3.79. The van der Waals surface area contributed by atoms with Gasteiger partial charge in [-0.3, -0.25) is 0 Å². The van der Waals surface area contributed by atoms with Crippen molar-refractivity contribution in [1.29, 1.82) is 0 Å². The van der Waals surface area contributed by atoms with Gasteiger partial charge in [0, 0.05) is 0 Å². The predicted molar refractivity (Wildman–Crippen MR) is 50.2 cm³/mol. The molecule has 1 aromatic rings. The minimum Gasteiger partial charge on any atom is -0.207 e. The molecule has 1 rings (SSSR count). The first-order chi connectivity index (χ1) is 5.11. The Balaban J connectivity index is 2.82. The summed E-state index contributed by atoms with van der Waals surface area (Å²) in [6.45, 7) is 8.94. The Hall–Kier alpha value is -0.650. The Kier molecular flexibility index (Phi) is 2.43. The molecule has 0 radical (unpaired) electrons. The molecule has 0 saturated carbocycles. The van der Waals surface area contributed by atoms with Crippen LogP contribution in [-0.4, -0.2) is 0 Å². The van der Waals surface area contributed by atoms with Crippen molar-refractivity contribution < 1.29 is 0 Å². The number of hydrogen-bond donors (Lipinski definition) is 0. The summed E-state index contributed by atoms with van der Waals surface area (Å²) in [6, 6.07) is 6.79. The fourth-order valence-corrected chi connectivity index (χ4v) is 1.20. The highest BCUT2D eigenvalue weighted by Gasteiger charge is 1.95. The van der Waals surface area contributed by atoms with E-state index < -0.39 is 0 Å². The maximum absolute atomic E-state index is 2.31. The van der Waals surface area contributed by atoms with Crippen molar-refractivity contribution in [2.24, 2.45) is 0 Å². The zero-order chi connectivity index (χ0) is 8.43. The third kappa shape index (κ3) is 1.89. The van der Waals surface area contributed by atoms with Crippen LogP contribution in [-0.2, 0) is 0 Å². The van der Waals surface area contributed by atoms with Gasteiger partial charge in [-0.15, -0.1) is 0 Å². The zero-order valence-corrected chi connectivity index (χ0v) is 7.89. The van der Waals surface area contributed by atoms with Crippen LogP contribution >= 0.6 is 0 Å². The van der Waals surface area contributed by atoms with Crippen molar-refractivity contribution in [3.05, 3.63) is 29.3 Å². The van der Waals surface area contributed by atoms with E-state index in [4.69, 9.17) is 0 Å². The summed E-state index contributed by atoms with van der Waals surface area (Å²) in [7, 11) is 0. The second kappa shape index (κ2) is 3.17. The van der Waals surface area contributed by atoms with Gasteiger partial charge in [0.25, 0.3) is 0 Å². The van der Waals surface area contributed by atoms with Gasteiger partial charge in [-0.2, -0.15) is 23.3 Å². The first kappa shape index (κ1) is 8.45. The van der Waals surface area contributed by atoms with Crippen molar-refractivity contribution in [1.82, 2.24) is 0 Å².